The topological polar surface area (TPSA) is 132 Å². The first-order valence-corrected chi connectivity index (χ1v) is 6.46. The Morgan fingerprint density at radius 3 is 2.81 bits per heavy atom. The van der Waals surface area contributed by atoms with E-state index in [1.807, 2.05) is 0 Å². The van der Waals surface area contributed by atoms with Crippen LogP contribution in [0.1, 0.15) is 23.1 Å². The van der Waals surface area contributed by atoms with Gasteiger partial charge in [0.2, 0.25) is 0 Å². The van der Waals surface area contributed by atoms with Crippen LogP contribution in [0.4, 0.5) is 4.79 Å². The van der Waals surface area contributed by atoms with Crippen LogP contribution in [0.5, 0.6) is 0 Å². The molecule has 10 nitrogen and oxygen atoms in total. The Kier molecular flexibility index (Phi) is 4.48. The summed E-state index contributed by atoms with van der Waals surface area (Å²) in [5.74, 6) is -1.09. The second kappa shape index (κ2) is 6.31. The largest absolute Gasteiger partial charge is 0.461 e. The molecular formula is C11H16N6O4. The van der Waals surface area contributed by atoms with Crippen LogP contribution in [0.25, 0.3) is 0 Å². The molecule has 0 aromatic carbocycles. The number of rotatable bonds is 5. The zero-order valence-corrected chi connectivity index (χ0v) is 11.5. The fourth-order valence-electron chi connectivity index (χ4n) is 1.94. The molecule has 0 unspecified atom stereocenters. The van der Waals surface area contributed by atoms with E-state index < -0.39 is 17.9 Å². The van der Waals surface area contributed by atoms with Gasteiger partial charge in [-0.15, -0.1) is 5.10 Å². The fraction of sp³-hybridized carbons (Fsp3) is 0.545. The summed E-state index contributed by atoms with van der Waals surface area (Å²) < 4.78 is 6.04. The average Bonchev–Trinajstić information content (AvgIpc) is 3.05. The third-order valence-corrected chi connectivity index (χ3v) is 2.94. The molecule has 0 saturated carbocycles. The van der Waals surface area contributed by atoms with Gasteiger partial charge in [0.25, 0.3) is 5.91 Å². The Morgan fingerprint density at radius 2 is 2.24 bits per heavy atom. The second-order valence-electron chi connectivity index (χ2n) is 4.24. The van der Waals surface area contributed by atoms with Gasteiger partial charge in [0, 0.05) is 19.6 Å². The number of imide groups is 1. The normalized spacial score (nSPS) is 14.2. The van der Waals surface area contributed by atoms with Gasteiger partial charge in [-0.2, -0.15) is 0 Å². The zero-order valence-electron chi connectivity index (χ0n) is 11.5. The summed E-state index contributed by atoms with van der Waals surface area (Å²) in [5, 5.41) is 9.95. The number of carbonyl (C=O) groups excluding carboxylic acids is 3. The summed E-state index contributed by atoms with van der Waals surface area (Å²) in [4.78, 5) is 36.2. The Balaban J connectivity index is 2.15. The number of ether oxygens (including phenoxy) is 1. The van der Waals surface area contributed by atoms with E-state index in [0.29, 0.717) is 18.8 Å². The maximum absolute atomic E-state index is 12.0. The van der Waals surface area contributed by atoms with E-state index in [-0.39, 0.29) is 25.4 Å². The van der Waals surface area contributed by atoms with Crippen molar-refractivity contribution >= 4 is 17.9 Å². The van der Waals surface area contributed by atoms with E-state index in [2.05, 4.69) is 15.6 Å². The Labute approximate surface area is 120 Å². The van der Waals surface area contributed by atoms with Crippen molar-refractivity contribution in [2.45, 2.75) is 20.0 Å². The Hall–Kier alpha value is -2.49. The van der Waals surface area contributed by atoms with Crippen LogP contribution in [0.15, 0.2) is 0 Å². The third-order valence-electron chi connectivity index (χ3n) is 2.94. The van der Waals surface area contributed by atoms with E-state index in [9.17, 15) is 14.4 Å². The van der Waals surface area contributed by atoms with Gasteiger partial charge in [-0.05, 0) is 6.92 Å². The molecular weight excluding hydrogens is 280 g/mol. The number of hydrogen-bond acceptors (Lipinski definition) is 7. The van der Waals surface area contributed by atoms with Gasteiger partial charge in [-0.25, -0.2) is 14.3 Å². The molecule has 0 spiro atoms. The predicted molar refractivity (Wildman–Crippen MR) is 69.0 cm³/mol. The number of nitrogens with two attached hydrogens (primary N) is 1. The molecule has 21 heavy (non-hydrogen) atoms. The highest BCUT2D eigenvalue weighted by Crippen LogP contribution is 2.08. The molecule has 1 aromatic heterocycles. The molecule has 0 aliphatic carbocycles. The summed E-state index contributed by atoms with van der Waals surface area (Å²) in [6.07, 6.45) is 0. The maximum Gasteiger partial charge on any atom is 0.360 e. The molecule has 3 amide bonds. The lowest BCUT2D eigenvalue weighted by Gasteiger charge is -2.12. The van der Waals surface area contributed by atoms with E-state index in [1.54, 1.807) is 6.92 Å². The Morgan fingerprint density at radius 1 is 1.48 bits per heavy atom. The molecule has 1 saturated heterocycles. The molecule has 2 rings (SSSR count). The maximum atomic E-state index is 12.0. The minimum atomic E-state index is -0.643. The lowest BCUT2D eigenvalue weighted by molar-refractivity contribution is -0.128. The highest BCUT2D eigenvalue weighted by Gasteiger charge is 2.28. The van der Waals surface area contributed by atoms with Crippen molar-refractivity contribution in [3.05, 3.63) is 11.4 Å². The second-order valence-corrected chi connectivity index (χ2v) is 4.24. The van der Waals surface area contributed by atoms with Gasteiger partial charge in [-0.1, -0.05) is 5.21 Å². The number of esters is 1. The molecule has 1 fully saturated rings. The van der Waals surface area contributed by atoms with Crippen LogP contribution < -0.4 is 11.1 Å². The van der Waals surface area contributed by atoms with Crippen LogP contribution in [-0.2, 0) is 22.6 Å². The van der Waals surface area contributed by atoms with Crippen LogP contribution in [-0.4, -0.2) is 57.5 Å². The summed E-state index contributed by atoms with van der Waals surface area (Å²) in [6, 6.07) is -0.444. The molecule has 3 N–H and O–H groups in total. The summed E-state index contributed by atoms with van der Waals surface area (Å²) >= 11 is 0. The van der Waals surface area contributed by atoms with Gasteiger partial charge in [0.05, 0.1) is 12.3 Å². The third kappa shape index (κ3) is 2.99. The lowest BCUT2D eigenvalue weighted by Crippen LogP contribution is -2.37. The molecule has 10 heteroatoms. The van der Waals surface area contributed by atoms with Crippen molar-refractivity contribution in [1.29, 1.82) is 0 Å². The van der Waals surface area contributed by atoms with Crippen molar-refractivity contribution in [1.82, 2.24) is 25.2 Å². The molecule has 114 valence electrons. The quantitative estimate of drug-likeness (QED) is 0.629. The number of amides is 3. The summed E-state index contributed by atoms with van der Waals surface area (Å²) in [5.41, 5.74) is 5.85. The van der Waals surface area contributed by atoms with Crippen molar-refractivity contribution < 1.29 is 19.1 Å². The smallest absolute Gasteiger partial charge is 0.360 e. The van der Waals surface area contributed by atoms with Crippen molar-refractivity contribution in [3.63, 3.8) is 0 Å². The van der Waals surface area contributed by atoms with Gasteiger partial charge in [0.15, 0.2) is 5.69 Å². The van der Waals surface area contributed by atoms with E-state index >= 15 is 0 Å². The summed E-state index contributed by atoms with van der Waals surface area (Å²) in [7, 11) is 0. The van der Waals surface area contributed by atoms with Crippen LogP contribution in [0.2, 0.25) is 0 Å². The fourth-order valence-corrected chi connectivity index (χ4v) is 1.94. The SMILES string of the molecule is CCOC(=O)c1nnn(CC(=O)N2CCNC2=O)c1CN. The van der Waals surface area contributed by atoms with Crippen molar-refractivity contribution in [3.8, 4) is 0 Å². The highest BCUT2D eigenvalue weighted by atomic mass is 16.5. The van der Waals surface area contributed by atoms with Gasteiger partial charge in [-0.3, -0.25) is 9.69 Å². The number of aromatic nitrogens is 3. The van der Waals surface area contributed by atoms with Gasteiger partial charge < -0.3 is 15.8 Å². The van der Waals surface area contributed by atoms with E-state index in [1.165, 1.54) is 4.68 Å². The monoisotopic (exact) mass is 296 g/mol. The highest BCUT2D eigenvalue weighted by molar-refractivity contribution is 5.95. The minimum absolute atomic E-state index is 0.0157. The zero-order chi connectivity index (χ0) is 15.4. The van der Waals surface area contributed by atoms with E-state index in [0.717, 1.165) is 4.90 Å². The van der Waals surface area contributed by atoms with Crippen molar-refractivity contribution in [2.24, 2.45) is 5.73 Å². The van der Waals surface area contributed by atoms with Crippen LogP contribution in [0, 0.1) is 0 Å². The number of urea groups is 1. The first kappa shape index (κ1) is 14.9. The summed E-state index contributed by atoms with van der Waals surface area (Å²) in [6.45, 7) is 2.34. The van der Waals surface area contributed by atoms with Crippen LogP contribution in [0.3, 0.4) is 0 Å². The van der Waals surface area contributed by atoms with Crippen LogP contribution >= 0.6 is 0 Å². The molecule has 1 aromatic rings. The first-order valence-electron chi connectivity index (χ1n) is 6.46. The number of nitrogens with one attached hydrogen (secondary N) is 1. The molecule has 2 heterocycles. The lowest BCUT2D eigenvalue weighted by atomic mass is 10.3. The molecule has 0 bridgehead atoms. The van der Waals surface area contributed by atoms with Gasteiger partial charge in [0.1, 0.15) is 6.54 Å². The average molecular weight is 296 g/mol. The molecule has 1 aliphatic rings. The standard InChI is InChI=1S/C11H16N6O4/c1-2-21-10(19)9-7(5-12)17(15-14-9)6-8(18)16-4-3-13-11(16)20/h2-6,12H2,1H3,(H,13,20). The first-order chi connectivity index (χ1) is 10.1. The number of nitrogens with zero attached hydrogens (tertiary/aromatic N) is 4. The molecule has 0 atom stereocenters. The number of carbonyl (C=O) groups is 3. The van der Waals surface area contributed by atoms with E-state index in [4.69, 9.17) is 10.5 Å². The molecule has 1 aliphatic heterocycles. The minimum Gasteiger partial charge on any atom is -0.461 e. The number of hydrogen-bond donors (Lipinski definition) is 2. The van der Waals surface area contributed by atoms with Crippen molar-refractivity contribution in [2.75, 3.05) is 19.7 Å². The predicted octanol–water partition coefficient (Wildman–Crippen LogP) is -1.53. The Bertz CT molecular complexity index is 569. The molecule has 0 radical (unpaired) electrons. The van der Waals surface area contributed by atoms with Gasteiger partial charge >= 0.3 is 12.0 Å².